The Labute approximate surface area is 94.8 Å². The van der Waals surface area contributed by atoms with Gasteiger partial charge in [-0.1, -0.05) is 31.4 Å². The van der Waals surface area contributed by atoms with Crippen molar-refractivity contribution in [2.75, 3.05) is 12.0 Å². The number of aromatic amines is 1. The smallest absolute Gasteiger partial charge is 0.126 e. The van der Waals surface area contributed by atoms with E-state index in [-0.39, 0.29) is 0 Å². The summed E-state index contributed by atoms with van der Waals surface area (Å²) in [6.45, 7) is 2.21. The van der Waals surface area contributed by atoms with E-state index < -0.39 is 0 Å². The Morgan fingerprint density at radius 3 is 2.93 bits per heavy atom. The van der Waals surface area contributed by atoms with Gasteiger partial charge < -0.3 is 4.98 Å². The van der Waals surface area contributed by atoms with Crippen molar-refractivity contribution in [1.82, 2.24) is 9.97 Å². The maximum Gasteiger partial charge on any atom is 0.126 e. The lowest BCUT2D eigenvalue weighted by atomic mass is 10.0. The molecular weight excluding hydrogens is 216 g/mol. The number of halogens is 1. The summed E-state index contributed by atoms with van der Waals surface area (Å²) >= 11 is 7.67. The second-order valence-corrected chi connectivity index (χ2v) is 4.73. The van der Waals surface area contributed by atoms with E-state index in [1.54, 1.807) is 6.20 Å². The fourth-order valence-corrected chi connectivity index (χ4v) is 2.34. The Balaban J connectivity index is 2.57. The van der Waals surface area contributed by atoms with Crippen molar-refractivity contribution in [2.24, 2.45) is 0 Å². The number of H-pyrrole nitrogens is 1. The van der Waals surface area contributed by atoms with E-state index in [1.807, 2.05) is 11.8 Å². The SMILES string of the molecule is CCCCC(CSC)c1ncc(Cl)[nH]1. The summed E-state index contributed by atoms with van der Waals surface area (Å²) in [6.07, 6.45) is 7.50. The fraction of sp³-hybridized carbons (Fsp3) is 0.700. The molecule has 0 aliphatic carbocycles. The molecule has 0 aliphatic heterocycles. The van der Waals surface area contributed by atoms with Crippen LogP contribution in [0.4, 0.5) is 0 Å². The molecule has 1 N–H and O–H groups in total. The highest BCUT2D eigenvalue weighted by Crippen LogP contribution is 2.23. The second-order valence-electron chi connectivity index (χ2n) is 3.41. The minimum absolute atomic E-state index is 0.525. The van der Waals surface area contributed by atoms with E-state index in [0.29, 0.717) is 11.1 Å². The van der Waals surface area contributed by atoms with Crippen LogP contribution >= 0.6 is 23.4 Å². The van der Waals surface area contributed by atoms with E-state index in [0.717, 1.165) is 11.6 Å². The van der Waals surface area contributed by atoms with Gasteiger partial charge in [0.15, 0.2) is 0 Å². The molecule has 14 heavy (non-hydrogen) atoms. The van der Waals surface area contributed by atoms with Crippen LogP contribution in [0.2, 0.25) is 5.15 Å². The lowest BCUT2D eigenvalue weighted by Crippen LogP contribution is -2.04. The van der Waals surface area contributed by atoms with Crippen molar-refractivity contribution in [1.29, 1.82) is 0 Å². The minimum Gasteiger partial charge on any atom is -0.333 e. The first-order valence-electron chi connectivity index (χ1n) is 4.97. The van der Waals surface area contributed by atoms with Gasteiger partial charge in [-0.3, -0.25) is 0 Å². The summed E-state index contributed by atoms with van der Waals surface area (Å²) in [5, 5.41) is 0.641. The zero-order valence-corrected chi connectivity index (χ0v) is 10.3. The van der Waals surface area contributed by atoms with E-state index in [2.05, 4.69) is 23.1 Å². The molecule has 0 spiro atoms. The monoisotopic (exact) mass is 232 g/mol. The molecule has 1 aromatic rings. The van der Waals surface area contributed by atoms with Gasteiger partial charge in [0.1, 0.15) is 11.0 Å². The van der Waals surface area contributed by atoms with Crippen LogP contribution in [0.5, 0.6) is 0 Å². The van der Waals surface area contributed by atoms with Crippen LogP contribution < -0.4 is 0 Å². The summed E-state index contributed by atoms with van der Waals surface area (Å²) in [5.41, 5.74) is 0. The number of thioether (sulfide) groups is 1. The van der Waals surface area contributed by atoms with Crippen molar-refractivity contribution >= 4 is 23.4 Å². The molecule has 1 heterocycles. The Morgan fingerprint density at radius 2 is 2.43 bits per heavy atom. The fourth-order valence-electron chi connectivity index (χ4n) is 1.47. The maximum absolute atomic E-state index is 5.81. The first kappa shape index (κ1) is 11.9. The zero-order chi connectivity index (χ0) is 10.4. The number of hydrogen-bond donors (Lipinski definition) is 1. The highest BCUT2D eigenvalue weighted by molar-refractivity contribution is 7.98. The van der Waals surface area contributed by atoms with Crippen LogP contribution in [-0.2, 0) is 0 Å². The van der Waals surface area contributed by atoms with Gasteiger partial charge in [0.25, 0.3) is 0 Å². The number of nitrogens with one attached hydrogen (secondary N) is 1. The number of nitrogens with zero attached hydrogens (tertiary/aromatic N) is 1. The van der Waals surface area contributed by atoms with Crippen LogP contribution in [0.15, 0.2) is 6.20 Å². The third-order valence-electron chi connectivity index (χ3n) is 2.23. The third kappa shape index (κ3) is 3.54. The van der Waals surface area contributed by atoms with Crippen LogP contribution in [0.3, 0.4) is 0 Å². The van der Waals surface area contributed by atoms with Gasteiger partial charge in [-0.05, 0) is 12.7 Å². The van der Waals surface area contributed by atoms with Crippen molar-refractivity contribution in [3.8, 4) is 0 Å². The predicted molar refractivity (Wildman–Crippen MR) is 64.2 cm³/mol. The standard InChI is InChI=1S/C10H17ClN2S/c1-3-4-5-8(7-14-2)10-12-6-9(11)13-10/h6,8H,3-5,7H2,1-2H3,(H,12,13). The molecule has 0 saturated heterocycles. The minimum atomic E-state index is 0.525. The van der Waals surface area contributed by atoms with E-state index >= 15 is 0 Å². The highest BCUT2D eigenvalue weighted by Gasteiger charge is 2.13. The molecule has 1 atom stereocenters. The summed E-state index contributed by atoms with van der Waals surface area (Å²) in [7, 11) is 0. The molecule has 0 aliphatic rings. The molecule has 80 valence electrons. The second kappa shape index (κ2) is 6.36. The molecule has 4 heteroatoms. The van der Waals surface area contributed by atoms with Gasteiger partial charge in [0, 0.05) is 11.7 Å². The number of unbranched alkanes of at least 4 members (excludes halogenated alkanes) is 1. The van der Waals surface area contributed by atoms with Crippen LogP contribution in [0, 0.1) is 0 Å². The molecule has 0 bridgehead atoms. The van der Waals surface area contributed by atoms with Crippen LogP contribution in [-0.4, -0.2) is 22.0 Å². The largest absolute Gasteiger partial charge is 0.333 e. The van der Waals surface area contributed by atoms with Gasteiger partial charge in [-0.2, -0.15) is 11.8 Å². The number of hydrogen-bond acceptors (Lipinski definition) is 2. The maximum atomic E-state index is 5.81. The Kier molecular flexibility index (Phi) is 5.41. The van der Waals surface area contributed by atoms with Crippen molar-refractivity contribution in [3.05, 3.63) is 17.2 Å². The first-order chi connectivity index (χ1) is 6.77. The first-order valence-corrected chi connectivity index (χ1v) is 6.74. The molecule has 1 aromatic heterocycles. The summed E-state index contributed by atoms with van der Waals surface area (Å²) in [5.74, 6) is 2.68. The molecule has 0 saturated carbocycles. The van der Waals surface area contributed by atoms with Crippen LogP contribution in [0.1, 0.15) is 37.9 Å². The lowest BCUT2D eigenvalue weighted by Gasteiger charge is -2.12. The summed E-state index contributed by atoms with van der Waals surface area (Å²) < 4.78 is 0. The number of rotatable bonds is 6. The van der Waals surface area contributed by atoms with Crippen molar-refractivity contribution in [2.45, 2.75) is 32.1 Å². The van der Waals surface area contributed by atoms with Crippen LogP contribution in [0.25, 0.3) is 0 Å². The normalized spacial score (nSPS) is 13.1. The average molecular weight is 233 g/mol. The summed E-state index contributed by atoms with van der Waals surface area (Å²) in [4.78, 5) is 7.40. The Morgan fingerprint density at radius 1 is 1.64 bits per heavy atom. The third-order valence-corrected chi connectivity index (χ3v) is 3.15. The van der Waals surface area contributed by atoms with Gasteiger partial charge in [-0.25, -0.2) is 4.98 Å². The molecule has 0 amide bonds. The van der Waals surface area contributed by atoms with E-state index in [1.165, 1.54) is 19.3 Å². The van der Waals surface area contributed by atoms with E-state index in [4.69, 9.17) is 11.6 Å². The van der Waals surface area contributed by atoms with Gasteiger partial charge in [0.05, 0.1) is 6.20 Å². The zero-order valence-electron chi connectivity index (χ0n) is 8.72. The van der Waals surface area contributed by atoms with Gasteiger partial charge in [0.2, 0.25) is 0 Å². The van der Waals surface area contributed by atoms with Gasteiger partial charge >= 0.3 is 0 Å². The quantitative estimate of drug-likeness (QED) is 0.810. The number of aromatic nitrogens is 2. The molecule has 0 radical (unpaired) electrons. The molecule has 0 aromatic carbocycles. The average Bonchev–Trinajstić information content (AvgIpc) is 2.59. The molecule has 2 nitrogen and oxygen atoms in total. The molecule has 1 unspecified atom stereocenters. The van der Waals surface area contributed by atoms with E-state index in [9.17, 15) is 0 Å². The predicted octanol–water partition coefficient (Wildman–Crippen LogP) is 3.70. The molecule has 1 rings (SSSR count). The topological polar surface area (TPSA) is 28.7 Å². The summed E-state index contributed by atoms with van der Waals surface area (Å²) in [6, 6.07) is 0. The lowest BCUT2D eigenvalue weighted by molar-refractivity contribution is 0.608. The molecule has 0 fully saturated rings. The number of imidazole rings is 1. The highest BCUT2D eigenvalue weighted by atomic mass is 35.5. The molecular formula is C10H17ClN2S. The Hall–Kier alpha value is -0.150. The Bertz CT molecular complexity index is 262. The van der Waals surface area contributed by atoms with Gasteiger partial charge in [-0.15, -0.1) is 0 Å². The van der Waals surface area contributed by atoms with Crippen molar-refractivity contribution in [3.63, 3.8) is 0 Å². The van der Waals surface area contributed by atoms with Crippen molar-refractivity contribution < 1.29 is 0 Å².